The monoisotopic (exact) mass is 279 g/mol. The maximum absolute atomic E-state index is 13.1. The van der Waals surface area contributed by atoms with Gasteiger partial charge in [-0.3, -0.25) is 9.59 Å². The zero-order valence-electron chi connectivity index (χ0n) is 11.4. The normalized spacial score (nSPS) is 15.3. The van der Waals surface area contributed by atoms with Gasteiger partial charge in [0.05, 0.1) is 6.54 Å². The molecule has 0 radical (unpaired) electrons. The molecular formula is C14H18FN3O2. The molecule has 108 valence electrons. The summed E-state index contributed by atoms with van der Waals surface area (Å²) in [7, 11) is 1.72. The fourth-order valence-electron chi connectivity index (χ4n) is 2.23. The van der Waals surface area contributed by atoms with Gasteiger partial charge in [0.15, 0.2) is 0 Å². The van der Waals surface area contributed by atoms with Crippen molar-refractivity contribution in [1.29, 1.82) is 0 Å². The summed E-state index contributed by atoms with van der Waals surface area (Å²) in [6.45, 7) is 2.29. The Morgan fingerprint density at radius 1 is 1.20 bits per heavy atom. The standard InChI is InChI=1S/C14H18FN3O2/c1-16-10-13(19)17-5-7-18(8-6-17)14(20)11-3-2-4-12(15)9-11/h2-4,9,16H,5-8,10H2,1H3. The highest BCUT2D eigenvalue weighted by Gasteiger charge is 2.24. The van der Waals surface area contributed by atoms with Gasteiger partial charge in [-0.2, -0.15) is 0 Å². The van der Waals surface area contributed by atoms with Gasteiger partial charge >= 0.3 is 0 Å². The van der Waals surface area contributed by atoms with Crippen LogP contribution in [0.1, 0.15) is 10.4 Å². The molecule has 1 aliphatic rings. The average molecular weight is 279 g/mol. The number of rotatable bonds is 3. The van der Waals surface area contributed by atoms with Crippen molar-refractivity contribution in [1.82, 2.24) is 15.1 Å². The van der Waals surface area contributed by atoms with E-state index >= 15 is 0 Å². The molecule has 0 bridgehead atoms. The van der Waals surface area contributed by atoms with Crippen molar-refractivity contribution in [2.24, 2.45) is 0 Å². The van der Waals surface area contributed by atoms with E-state index in [2.05, 4.69) is 5.32 Å². The van der Waals surface area contributed by atoms with Crippen molar-refractivity contribution in [3.8, 4) is 0 Å². The lowest BCUT2D eigenvalue weighted by Crippen LogP contribution is -2.52. The molecule has 2 amide bonds. The predicted molar refractivity (Wildman–Crippen MR) is 72.8 cm³/mol. The number of hydrogen-bond donors (Lipinski definition) is 1. The Labute approximate surface area is 117 Å². The van der Waals surface area contributed by atoms with Gasteiger partial charge < -0.3 is 15.1 Å². The van der Waals surface area contributed by atoms with Crippen molar-refractivity contribution < 1.29 is 14.0 Å². The third-order valence-corrected chi connectivity index (χ3v) is 3.32. The molecule has 0 aliphatic carbocycles. The lowest BCUT2D eigenvalue weighted by Gasteiger charge is -2.34. The molecule has 0 saturated carbocycles. The van der Waals surface area contributed by atoms with Gasteiger partial charge in [-0.05, 0) is 25.2 Å². The number of carbonyl (C=O) groups is 2. The van der Waals surface area contributed by atoms with Gasteiger partial charge in [-0.15, -0.1) is 0 Å². The van der Waals surface area contributed by atoms with E-state index in [1.807, 2.05) is 0 Å². The Kier molecular flexibility index (Phi) is 4.68. The Bertz CT molecular complexity index is 499. The number of nitrogens with zero attached hydrogens (tertiary/aromatic N) is 2. The molecule has 1 aromatic rings. The number of hydrogen-bond acceptors (Lipinski definition) is 3. The fourth-order valence-corrected chi connectivity index (χ4v) is 2.23. The lowest BCUT2D eigenvalue weighted by molar-refractivity contribution is -0.131. The van der Waals surface area contributed by atoms with Crippen molar-refractivity contribution in [3.63, 3.8) is 0 Å². The van der Waals surface area contributed by atoms with E-state index < -0.39 is 5.82 Å². The van der Waals surface area contributed by atoms with Gasteiger partial charge in [-0.25, -0.2) is 4.39 Å². The second-order valence-electron chi connectivity index (χ2n) is 4.71. The molecule has 0 atom stereocenters. The van der Waals surface area contributed by atoms with Gasteiger partial charge in [0, 0.05) is 31.7 Å². The predicted octanol–water partition coefficient (Wildman–Crippen LogP) is 0.330. The highest BCUT2D eigenvalue weighted by atomic mass is 19.1. The van der Waals surface area contributed by atoms with Crippen LogP contribution in [0.15, 0.2) is 24.3 Å². The molecule has 0 aromatic heterocycles. The summed E-state index contributed by atoms with van der Waals surface area (Å²) in [5.41, 5.74) is 0.347. The molecule has 5 nitrogen and oxygen atoms in total. The molecule has 6 heteroatoms. The Hall–Kier alpha value is -1.95. The zero-order valence-corrected chi connectivity index (χ0v) is 11.4. The van der Waals surface area contributed by atoms with Crippen LogP contribution in [0.3, 0.4) is 0 Å². The Balaban J connectivity index is 1.93. The maximum Gasteiger partial charge on any atom is 0.254 e. The zero-order chi connectivity index (χ0) is 14.5. The van der Waals surface area contributed by atoms with Crippen molar-refractivity contribution >= 4 is 11.8 Å². The quantitative estimate of drug-likeness (QED) is 0.867. The minimum Gasteiger partial charge on any atom is -0.338 e. The highest BCUT2D eigenvalue weighted by molar-refractivity contribution is 5.94. The van der Waals surface area contributed by atoms with Crippen molar-refractivity contribution in [2.45, 2.75) is 0 Å². The maximum atomic E-state index is 13.1. The van der Waals surface area contributed by atoms with Crippen molar-refractivity contribution in [2.75, 3.05) is 39.8 Å². The number of likely N-dealkylation sites (N-methyl/N-ethyl adjacent to an activating group) is 1. The van der Waals surface area contributed by atoms with Crippen LogP contribution in [0.25, 0.3) is 0 Å². The van der Waals surface area contributed by atoms with E-state index in [0.29, 0.717) is 38.3 Å². The Morgan fingerprint density at radius 2 is 1.85 bits per heavy atom. The molecule has 1 fully saturated rings. The number of amides is 2. The molecule has 1 saturated heterocycles. The van der Waals surface area contributed by atoms with E-state index in [0.717, 1.165) is 0 Å². The van der Waals surface area contributed by atoms with Crippen LogP contribution in [0, 0.1) is 5.82 Å². The molecule has 20 heavy (non-hydrogen) atoms. The van der Waals surface area contributed by atoms with E-state index in [4.69, 9.17) is 0 Å². The largest absolute Gasteiger partial charge is 0.338 e. The summed E-state index contributed by atoms with van der Waals surface area (Å²) < 4.78 is 13.1. The fraction of sp³-hybridized carbons (Fsp3) is 0.429. The minimum atomic E-state index is -0.418. The molecular weight excluding hydrogens is 261 g/mol. The molecule has 2 rings (SSSR count). The molecule has 1 aromatic carbocycles. The highest BCUT2D eigenvalue weighted by Crippen LogP contribution is 2.10. The first-order chi connectivity index (χ1) is 9.61. The van der Waals surface area contributed by atoms with E-state index in [9.17, 15) is 14.0 Å². The van der Waals surface area contributed by atoms with Gasteiger partial charge in [0.25, 0.3) is 5.91 Å². The first-order valence-electron chi connectivity index (χ1n) is 6.59. The third kappa shape index (κ3) is 3.33. The van der Waals surface area contributed by atoms with Gasteiger partial charge in [-0.1, -0.05) is 6.07 Å². The molecule has 1 N–H and O–H groups in total. The molecule has 0 spiro atoms. The summed E-state index contributed by atoms with van der Waals surface area (Å²) in [4.78, 5) is 27.3. The van der Waals surface area contributed by atoms with Crippen LogP contribution in [0.5, 0.6) is 0 Å². The Morgan fingerprint density at radius 3 is 2.45 bits per heavy atom. The van der Waals surface area contributed by atoms with Crippen LogP contribution in [0.2, 0.25) is 0 Å². The average Bonchev–Trinajstić information content (AvgIpc) is 2.47. The van der Waals surface area contributed by atoms with Crippen molar-refractivity contribution in [3.05, 3.63) is 35.6 Å². The summed E-state index contributed by atoms with van der Waals surface area (Å²) in [5, 5.41) is 2.82. The number of nitrogens with one attached hydrogen (secondary N) is 1. The van der Waals surface area contributed by atoms with Crippen LogP contribution in [-0.2, 0) is 4.79 Å². The second kappa shape index (κ2) is 6.47. The van der Waals surface area contributed by atoms with Crippen LogP contribution in [0.4, 0.5) is 4.39 Å². The summed E-state index contributed by atoms with van der Waals surface area (Å²) in [6, 6.07) is 5.67. The van der Waals surface area contributed by atoms with Crippen LogP contribution < -0.4 is 5.32 Å². The summed E-state index contributed by atoms with van der Waals surface area (Å²) in [6.07, 6.45) is 0. The van der Waals surface area contributed by atoms with E-state index in [-0.39, 0.29) is 11.8 Å². The minimum absolute atomic E-state index is 0.0327. The lowest BCUT2D eigenvalue weighted by atomic mass is 10.1. The molecule has 0 unspecified atom stereocenters. The topological polar surface area (TPSA) is 52.7 Å². The number of carbonyl (C=O) groups excluding carboxylic acids is 2. The summed E-state index contributed by atoms with van der Waals surface area (Å²) in [5.74, 6) is -0.575. The number of benzene rings is 1. The van der Waals surface area contributed by atoms with Gasteiger partial charge in [0.1, 0.15) is 5.82 Å². The van der Waals surface area contributed by atoms with E-state index in [1.54, 1.807) is 22.9 Å². The van der Waals surface area contributed by atoms with Crippen LogP contribution in [-0.4, -0.2) is 61.4 Å². The number of piperazine rings is 1. The first kappa shape index (κ1) is 14.5. The molecule has 1 aliphatic heterocycles. The summed E-state index contributed by atoms with van der Waals surface area (Å²) >= 11 is 0. The number of halogens is 1. The third-order valence-electron chi connectivity index (χ3n) is 3.32. The smallest absolute Gasteiger partial charge is 0.254 e. The SMILES string of the molecule is CNCC(=O)N1CCN(C(=O)c2cccc(F)c2)CC1. The van der Waals surface area contributed by atoms with Crippen LogP contribution >= 0.6 is 0 Å². The van der Waals surface area contributed by atoms with Gasteiger partial charge in [0.2, 0.25) is 5.91 Å². The first-order valence-corrected chi connectivity index (χ1v) is 6.59. The van der Waals surface area contributed by atoms with E-state index in [1.165, 1.54) is 18.2 Å². The molecule has 1 heterocycles. The second-order valence-corrected chi connectivity index (χ2v) is 4.71.